The van der Waals surface area contributed by atoms with E-state index in [1.54, 1.807) is 29.2 Å². The Morgan fingerprint density at radius 3 is 2.45 bits per heavy atom. The van der Waals surface area contributed by atoms with E-state index in [4.69, 9.17) is 16.3 Å². The Morgan fingerprint density at radius 2 is 1.81 bits per heavy atom. The number of anilines is 1. The predicted octanol–water partition coefficient (Wildman–Crippen LogP) is 3.48. The lowest BCUT2D eigenvalue weighted by Crippen LogP contribution is -2.46. The normalized spacial score (nSPS) is 16.2. The van der Waals surface area contributed by atoms with E-state index in [9.17, 15) is 13.2 Å². The molecule has 0 unspecified atom stereocenters. The van der Waals surface area contributed by atoms with E-state index in [0.717, 1.165) is 5.56 Å². The Kier molecular flexibility index (Phi) is 7.46. The van der Waals surface area contributed by atoms with Crippen LogP contribution in [0.5, 0.6) is 0 Å². The zero-order valence-corrected chi connectivity index (χ0v) is 19.6. The van der Waals surface area contributed by atoms with Gasteiger partial charge in [0.05, 0.1) is 17.1 Å². The van der Waals surface area contributed by atoms with Gasteiger partial charge in [0.1, 0.15) is 6.10 Å². The molecule has 0 aromatic heterocycles. The third-order valence-electron chi connectivity index (χ3n) is 5.20. The number of amides is 1. The quantitative estimate of drug-likeness (QED) is 0.626. The summed E-state index contributed by atoms with van der Waals surface area (Å²) in [6.07, 6.45) is -0.560. The zero-order valence-electron chi connectivity index (χ0n) is 18.0. The van der Waals surface area contributed by atoms with Gasteiger partial charge in [-0.25, -0.2) is 13.2 Å². The Hall–Kier alpha value is -2.29. The summed E-state index contributed by atoms with van der Waals surface area (Å²) in [6, 6.07) is 13.4. The van der Waals surface area contributed by atoms with Crippen LogP contribution in [-0.4, -0.2) is 70.7 Å². The van der Waals surface area contributed by atoms with Gasteiger partial charge in [-0.1, -0.05) is 29.8 Å². The SMILES string of the molecule is CCN(CCN(C)C)C(=O)O[C@@H]1Cc2ccccc2N(S(=O)(=O)c2ccc(Cl)cc2)C1. The van der Waals surface area contributed by atoms with Gasteiger partial charge in [-0.3, -0.25) is 4.31 Å². The van der Waals surface area contributed by atoms with Crippen LogP contribution in [0.3, 0.4) is 0 Å². The zero-order chi connectivity index (χ0) is 22.6. The number of ether oxygens (including phenoxy) is 1. The van der Waals surface area contributed by atoms with Gasteiger partial charge in [0.2, 0.25) is 0 Å². The summed E-state index contributed by atoms with van der Waals surface area (Å²) in [6.45, 7) is 3.72. The minimum atomic E-state index is -3.85. The molecule has 2 aromatic rings. The van der Waals surface area contributed by atoms with Crippen LogP contribution in [0.2, 0.25) is 5.02 Å². The fourth-order valence-electron chi connectivity index (χ4n) is 3.48. The lowest BCUT2D eigenvalue weighted by Gasteiger charge is -2.35. The molecule has 7 nitrogen and oxygen atoms in total. The molecule has 1 atom stereocenters. The molecule has 0 saturated heterocycles. The van der Waals surface area contributed by atoms with E-state index in [1.807, 2.05) is 38.1 Å². The predicted molar refractivity (Wildman–Crippen MR) is 122 cm³/mol. The fourth-order valence-corrected chi connectivity index (χ4v) is 5.14. The van der Waals surface area contributed by atoms with Crippen molar-refractivity contribution in [3.05, 3.63) is 59.1 Å². The monoisotopic (exact) mass is 465 g/mol. The highest BCUT2D eigenvalue weighted by atomic mass is 35.5. The number of fused-ring (bicyclic) bond motifs is 1. The van der Waals surface area contributed by atoms with Crippen LogP contribution in [-0.2, 0) is 21.2 Å². The number of sulfonamides is 1. The number of halogens is 1. The topological polar surface area (TPSA) is 70.2 Å². The van der Waals surface area contributed by atoms with Crippen molar-refractivity contribution in [3.63, 3.8) is 0 Å². The third kappa shape index (κ3) is 5.50. The standard InChI is InChI=1S/C22H28ClN3O4S/c1-4-25(14-13-24(2)3)22(27)30-19-15-17-7-5-6-8-21(17)26(16-19)31(28,29)20-11-9-18(23)10-12-20/h5-12,19H,4,13-16H2,1-3H3/t19-/m1/s1. The van der Waals surface area contributed by atoms with Crippen LogP contribution in [0.1, 0.15) is 12.5 Å². The van der Waals surface area contributed by atoms with Gasteiger partial charge in [0, 0.05) is 31.1 Å². The minimum Gasteiger partial charge on any atom is -0.444 e. The first-order chi connectivity index (χ1) is 14.7. The number of carbonyl (C=O) groups is 1. The maximum absolute atomic E-state index is 13.4. The maximum Gasteiger partial charge on any atom is 0.410 e. The molecular weight excluding hydrogens is 438 g/mol. The van der Waals surface area contributed by atoms with E-state index in [-0.39, 0.29) is 11.4 Å². The van der Waals surface area contributed by atoms with Gasteiger partial charge in [0.15, 0.2) is 0 Å². The highest BCUT2D eigenvalue weighted by Gasteiger charge is 2.35. The summed E-state index contributed by atoms with van der Waals surface area (Å²) >= 11 is 5.92. The molecule has 1 heterocycles. The number of hydrogen-bond acceptors (Lipinski definition) is 5. The van der Waals surface area contributed by atoms with Crippen molar-refractivity contribution in [3.8, 4) is 0 Å². The molecule has 0 aliphatic carbocycles. The van der Waals surface area contributed by atoms with Crippen molar-refractivity contribution < 1.29 is 17.9 Å². The molecule has 1 aliphatic rings. The Morgan fingerprint density at radius 1 is 1.13 bits per heavy atom. The summed E-state index contributed by atoms with van der Waals surface area (Å²) in [5.41, 5.74) is 1.42. The lowest BCUT2D eigenvalue weighted by atomic mass is 10.0. The summed E-state index contributed by atoms with van der Waals surface area (Å²) < 4.78 is 33.9. The number of hydrogen-bond donors (Lipinski definition) is 0. The van der Waals surface area contributed by atoms with Crippen molar-refractivity contribution in [1.82, 2.24) is 9.80 Å². The second-order valence-electron chi connectivity index (χ2n) is 7.71. The van der Waals surface area contributed by atoms with E-state index >= 15 is 0 Å². The first kappa shape index (κ1) is 23.4. The van der Waals surface area contributed by atoms with E-state index < -0.39 is 22.2 Å². The van der Waals surface area contributed by atoms with Crippen molar-refractivity contribution in [2.24, 2.45) is 0 Å². The fraction of sp³-hybridized carbons (Fsp3) is 0.409. The smallest absolute Gasteiger partial charge is 0.410 e. The highest BCUT2D eigenvalue weighted by Crippen LogP contribution is 2.33. The van der Waals surface area contributed by atoms with Crippen molar-refractivity contribution in [2.75, 3.05) is 44.6 Å². The number of likely N-dealkylation sites (N-methyl/N-ethyl adjacent to an activating group) is 2. The molecule has 0 bridgehead atoms. The molecule has 0 radical (unpaired) electrons. The molecule has 0 fully saturated rings. The van der Waals surface area contributed by atoms with Crippen LogP contribution in [0.15, 0.2) is 53.4 Å². The average molecular weight is 466 g/mol. The molecule has 168 valence electrons. The van der Waals surface area contributed by atoms with Gasteiger partial charge in [-0.05, 0) is 56.9 Å². The van der Waals surface area contributed by atoms with E-state index in [1.165, 1.54) is 16.4 Å². The second-order valence-corrected chi connectivity index (χ2v) is 10.0. The maximum atomic E-state index is 13.4. The van der Waals surface area contributed by atoms with Gasteiger partial charge in [-0.2, -0.15) is 0 Å². The largest absolute Gasteiger partial charge is 0.444 e. The summed E-state index contributed by atoms with van der Waals surface area (Å²) in [5.74, 6) is 0. The Bertz CT molecular complexity index is 1010. The number of nitrogens with zero attached hydrogens (tertiary/aromatic N) is 3. The number of benzene rings is 2. The number of rotatable bonds is 7. The van der Waals surface area contributed by atoms with Crippen LogP contribution in [0, 0.1) is 0 Å². The number of para-hydroxylation sites is 1. The Balaban J connectivity index is 1.85. The van der Waals surface area contributed by atoms with E-state index in [0.29, 0.717) is 36.8 Å². The summed E-state index contributed by atoms with van der Waals surface area (Å²) in [7, 11) is 0.0374. The molecule has 9 heteroatoms. The first-order valence-corrected chi connectivity index (χ1v) is 12.0. The van der Waals surface area contributed by atoms with Crippen molar-refractivity contribution in [2.45, 2.75) is 24.3 Å². The molecule has 1 aliphatic heterocycles. The van der Waals surface area contributed by atoms with Crippen LogP contribution in [0.4, 0.5) is 10.5 Å². The van der Waals surface area contributed by atoms with Crippen molar-refractivity contribution in [1.29, 1.82) is 0 Å². The van der Waals surface area contributed by atoms with E-state index in [2.05, 4.69) is 0 Å². The average Bonchev–Trinajstić information content (AvgIpc) is 2.73. The second kappa shape index (κ2) is 9.89. The lowest BCUT2D eigenvalue weighted by molar-refractivity contribution is 0.0647. The molecule has 0 spiro atoms. The minimum absolute atomic E-state index is 0.0545. The summed E-state index contributed by atoms with van der Waals surface area (Å²) in [5, 5.41) is 0.460. The van der Waals surface area contributed by atoms with Crippen LogP contribution in [0.25, 0.3) is 0 Å². The van der Waals surface area contributed by atoms with Gasteiger partial charge in [-0.15, -0.1) is 0 Å². The first-order valence-electron chi connectivity index (χ1n) is 10.2. The molecule has 2 aromatic carbocycles. The van der Waals surface area contributed by atoms with Crippen LogP contribution >= 0.6 is 11.6 Å². The molecule has 1 amide bonds. The molecule has 31 heavy (non-hydrogen) atoms. The van der Waals surface area contributed by atoms with Crippen LogP contribution < -0.4 is 4.31 Å². The van der Waals surface area contributed by atoms with Gasteiger partial charge in [0.25, 0.3) is 10.0 Å². The molecular formula is C22H28ClN3O4S. The van der Waals surface area contributed by atoms with Gasteiger partial charge < -0.3 is 14.5 Å². The highest BCUT2D eigenvalue weighted by molar-refractivity contribution is 7.92. The molecule has 0 saturated carbocycles. The number of carbonyl (C=O) groups excluding carboxylic acids is 1. The molecule has 3 rings (SSSR count). The third-order valence-corrected chi connectivity index (χ3v) is 7.25. The Labute approximate surface area is 189 Å². The summed E-state index contributed by atoms with van der Waals surface area (Å²) in [4.78, 5) is 16.5. The molecule has 0 N–H and O–H groups in total. The van der Waals surface area contributed by atoms with Gasteiger partial charge >= 0.3 is 6.09 Å². The van der Waals surface area contributed by atoms with Crippen molar-refractivity contribution >= 4 is 33.4 Å².